The zero-order valence-corrected chi connectivity index (χ0v) is 14.7. The molecule has 0 radical (unpaired) electrons. The third-order valence-electron chi connectivity index (χ3n) is 5.01. The lowest BCUT2D eigenvalue weighted by Crippen LogP contribution is -2.34. The minimum absolute atomic E-state index is 0.738. The molecular formula is C20H25N5. The van der Waals surface area contributed by atoms with Gasteiger partial charge in [-0.25, -0.2) is 9.97 Å². The molecule has 4 rings (SSSR count). The highest BCUT2D eigenvalue weighted by molar-refractivity contribution is 5.83. The Balaban J connectivity index is 1.39. The van der Waals surface area contributed by atoms with E-state index in [1.807, 2.05) is 0 Å². The quantitative estimate of drug-likeness (QED) is 0.743. The van der Waals surface area contributed by atoms with Crippen LogP contribution in [0.4, 0.5) is 11.6 Å². The van der Waals surface area contributed by atoms with Gasteiger partial charge >= 0.3 is 0 Å². The van der Waals surface area contributed by atoms with Crippen LogP contribution < -0.4 is 10.2 Å². The molecule has 1 aliphatic heterocycles. The van der Waals surface area contributed by atoms with E-state index in [2.05, 4.69) is 68.6 Å². The summed E-state index contributed by atoms with van der Waals surface area (Å²) in [6.07, 6.45) is 7.30. The van der Waals surface area contributed by atoms with Crippen LogP contribution in [0.2, 0.25) is 0 Å². The predicted octanol–water partition coefficient (Wildman–Crippen LogP) is 3.85. The second-order valence-corrected chi connectivity index (χ2v) is 6.99. The van der Waals surface area contributed by atoms with Crippen molar-refractivity contribution < 1.29 is 0 Å². The van der Waals surface area contributed by atoms with Crippen LogP contribution in [-0.4, -0.2) is 34.6 Å². The average Bonchev–Trinajstić information content (AvgIpc) is 3.05. The Labute approximate surface area is 148 Å². The van der Waals surface area contributed by atoms with Crippen LogP contribution in [0.5, 0.6) is 0 Å². The second kappa shape index (κ2) is 7.13. The summed E-state index contributed by atoms with van der Waals surface area (Å²) in [5, 5.41) is 4.75. The Morgan fingerprint density at radius 3 is 3.12 bits per heavy atom. The fourth-order valence-corrected chi connectivity index (χ4v) is 3.68. The standard InChI is InChI=1S/C20H25N5/c1-15-5-4-10-25(13-15)20-11-19(23-14-24-20)21-9-8-16-12-22-18-7-3-2-6-17(16)18/h2-3,6-7,11-12,14-15,22H,4-5,8-10,13H2,1H3,(H,21,23,24). The Hall–Kier alpha value is -2.56. The fourth-order valence-electron chi connectivity index (χ4n) is 3.68. The molecule has 3 heterocycles. The van der Waals surface area contributed by atoms with Crippen molar-refractivity contribution in [2.24, 2.45) is 5.92 Å². The van der Waals surface area contributed by atoms with Gasteiger partial charge in [-0.05, 0) is 36.8 Å². The first-order valence-electron chi connectivity index (χ1n) is 9.15. The number of nitrogens with one attached hydrogen (secondary N) is 2. The average molecular weight is 335 g/mol. The molecule has 1 aromatic carbocycles. The molecule has 3 aromatic rings. The van der Waals surface area contributed by atoms with E-state index in [1.165, 1.54) is 29.3 Å². The Bertz CT molecular complexity index is 841. The van der Waals surface area contributed by atoms with Crippen LogP contribution in [0.3, 0.4) is 0 Å². The van der Waals surface area contributed by atoms with Crippen LogP contribution in [0.15, 0.2) is 42.9 Å². The van der Waals surface area contributed by atoms with Crippen molar-refractivity contribution in [3.63, 3.8) is 0 Å². The molecule has 25 heavy (non-hydrogen) atoms. The van der Waals surface area contributed by atoms with Crippen LogP contribution in [0.1, 0.15) is 25.3 Å². The maximum Gasteiger partial charge on any atom is 0.134 e. The molecule has 1 saturated heterocycles. The third kappa shape index (κ3) is 3.60. The molecule has 130 valence electrons. The maximum atomic E-state index is 4.47. The highest BCUT2D eigenvalue weighted by atomic mass is 15.2. The molecule has 5 nitrogen and oxygen atoms in total. The number of hydrogen-bond donors (Lipinski definition) is 2. The lowest BCUT2D eigenvalue weighted by atomic mass is 10.0. The first-order chi connectivity index (χ1) is 12.3. The summed E-state index contributed by atoms with van der Waals surface area (Å²) >= 11 is 0. The van der Waals surface area contributed by atoms with Crippen LogP contribution in [0.25, 0.3) is 10.9 Å². The number of anilines is 2. The zero-order valence-electron chi connectivity index (χ0n) is 14.7. The molecule has 2 N–H and O–H groups in total. The Morgan fingerprint density at radius 2 is 2.20 bits per heavy atom. The third-order valence-corrected chi connectivity index (χ3v) is 5.01. The lowest BCUT2D eigenvalue weighted by molar-refractivity contribution is 0.444. The van der Waals surface area contributed by atoms with Crippen molar-refractivity contribution >= 4 is 22.5 Å². The van der Waals surface area contributed by atoms with Crippen molar-refractivity contribution in [2.75, 3.05) is 29.9 Å². The minimum Gasteiger partial charge on any atom is -0.370 e. The van der Waals surface area contributed by atoms with Crippen molar-refractivity contribution in [1.29, 1.82) is 0 Å². The van der Waals surface area contributed by atoms with Gasteiger partial charge in [0.05, 0.1) is 0 Å². The van der Waals surface area contributed by atoms with Gasteiger partial charge in [-0.1, -0.05) is 25.1 Å². The van der Waals surface area contributed by atoms with Gasteiger partial charge in [0, 0.05) is 42.8 Å². The number of aromatic amines is 1. The van der Waals surface area contributed by atoms with Crippen molar-refractivity contribution in [1.82, 2.24) is 15.0 Å². The van der Waals surface area contributed by atoms with Gasteiger partial charge in [0.15, 0.2) is 0 Å². The highest BCUT2D eigenvalue weighted by Gasteiger charge is 2.17. The summed E-state index contributed by atoms with van der Waals surface area (Å²) in [6, 6.07) is 10.5. The highest BCUT2D eigenvalue weighted by Crippen LogP contribution is 2.22. The topological polar surface area (TPSA) is 56.8 Å². The smallest absolute Gasteiger partial charge is 0.134 e. The minimum atomic E-state index is 0.738. The van der Waals surface area contributed by atoms with Gasteiger partial charge in [0.2, 0.25) is 0 Å². The molecule has 0 saturated carbocycles. The van der Waals surface area contributed by atoms with Gasteiger partial charge in [0.25, 0.3) is 0 Å². The van der Waals surface area contributed by atoms with E-state index in [1.54, 1.807) is 6.33 Å². The summed E-state index contributed by atoms with van der Waals surface area (Å²) in [6.45, 7) is 5.35. The lowest BCUT2D eigenvalue weighted by Gasteiger charge is -2.31. The number of aromatic nitrogens is 3. The summed E-state index contributed by atoms with van der Waals surface area (Å²) in [5.74, 6) is 2.68. The first kappa shape index (κ1) is 15.9. The molecule has 1 atom stereocenters. The van der Waals surface area contributed by atoms with Crippen molar-refractivity contribution in [3.8, 4) is 0 Å². The molecule has 5 heteroatoms. The molecule has 2 aromatic heterocycles. The normalized spacial score (nSPS) is 17.8. The molecular weight excluding hydrogens is 310 g/mol. The van der Waals surface area contributed by atoms with Gasteiger partial charge in [-0.3, -0.25) is 0 Å². The first-order valence-corrected chi connectivity index (χ1v) is 9.15. The van der Waals surface area contributed by atoms with Crippen LogP contribution in [-0.2, 0) is 6.42 Å². The molecule has 1 unspecified atom stereocenters. The fraction of sp³-hybridized carbons (Fsp3) is 0.400. The van der Waals surface area contributed by atoms with Crippen LogP contribution in [0, 0.1) is 5.92 Å². The van der Waals surface area contributed by atoms with E-state index in [-0.39, 0.29) is 0 Å². The molecule has 1 fully saturated rings. The zero-order chi connectivity index (χ0) is 17.1. The number of H-pyrrole nitrogens is 1. The van der Waals surface area contributed by atoms with Crippen molar-refractivity contribution in [2.45, 2.75) is 26.2 Å². The van der Waals surface area contributed by atoms with E-state index >= 15 is 0 Å². The van der Waals surface area contributed by atoms with E-state index in [9.17, 15) is 0 Å². The number of piperidine rings is 1. The predicted molar refractivity (Wildman–Crippen MR) is 103 cm³/mol. The van der Waals surface area contributed by atoms with E-state index in [4.69, 9.17) is 0 Å². The van der Waals surface area contributed by atoms with Crippen LogP contribution >= 0.6 is 0 Å². The number of fused-ring (bicyclic) bond motifs is 1. The number of hydrogen-bond acceptors (Lipinski definition) is 4. The molecule has 0 amide bonds. The summed E-state index contributed by atoms with van der Waals surface area (Å²) in [7, 11) is 0. The molecule has 0 spiro atoms. The van der Waals surface area contributed by atoms with E-state index < -0.39 is 0 Å². The van der Waals surface area contributed by atoms with Gasteiger partial charge in [0.1, 0.15) is 18.0 Å². The van der Waals surface area contributed by atoms with Gasteiger partial charge < -0.3 is 15.2 Å². The maximum absolute atomic E-state index is 4.47. The summed E-state index contributed by atoms with van der Waals surface area (Å²) in [4.78, 5) is 14.6. The molecule has 0 bridgehead atoms. The number of benzene rings is 1. The Kier molecular flexibility index (Phi) is 4.55. The van der Waals surface area contributed by atoms with E-state index in [0.717, 1.165) is 43.6 Å². The van der Waals surface area contributed by atoms with Crippen molar-refractivity contribution in [3.05, 3.63) is 48.4 Å². The van der Waals surface area contributed by atoms with Gasteiger partial charge in [-0.15, -0.1) is 0 Å². The molecule has 1 aliphatic rings. The Morgan fingerprint density at radius 1 is 1.28 bits per heavy atom. The largest absolute Gasteiger partial charge is 0.370 e. The monoisotopic (exact) mass is 335 g/mol. The SMILES string of the molecule is CC1CCCN(c2cc(NCCc3c[nH]c4ccccc34)ncn2)C1. The summed E-state index contributed by atoms with van der Waals surface area (Å²) in [5.41, 5.74) is 2.53. The number of rotatable bonds is 5. The summed E-state index contributed by atoms with van der Waals surface area (Å²) < 4.78 is 0. The molecule has 0 aliphatic carbocycles. The van der Waals surface area contributed by atoms with E-state index in [0.29, 0.717) is 0 Å². The van der Waals surface area contributed by atoms with Gasteiger partial charge in [-0.2, -0.15) is 0 Å². The second-order valence-electron chi connectivity index (χ2n) is 6.99. The number of para-hydroxylation sites is 1. The number of nitrogens with zero attached hydrogens (tertiary/aromatic N) is 3.